The van der Waals surface area contributed by atoms with Gasteiger partial charge in [-0.25, -0.2) is 4.79 Å². The summed E-state index contributed by atoms with van der Waals surface area (Å²) in [6.45, 7) is 3.56. The molecule has 3 rings (SSSR count). The van der Waals surface area contributed by atoms with Gasteiger partial charge >= 0.3 is 5.97 Å². The van der Waals surface area contributed by atoms with Crippen LogP contribution in [-0.2, 0) is 0 Å². The number of aryl methyl sites for hydroxylation is 2. The molecule has 1 aromatic carbocycles. The Morgan fingerprint density at radius 1 is 1.29 bits per heavy atom. The maximum absolute atomic E-state index is 11.5. The number of carboxylic acid groups (broad SMARTS) is 1. The molecule has 2 aromatic heterocycles. The lowest BCUT2D eigenvalue weighted by Gasteiger charge is -2.08. The third-order valence-corrected chi connectivity index (χ3v) is 3.90. The molecule has 7 heteroatoms. The van der Waals surface area contributed by atoms with Crippen LogP contribution >= 0.6 is 11.3 Å². The quantitative estimate of drug-likeness (QED) is 0.799. The van der Waals surface area contributed by atoms with E-state index in [-0.39, 0.29) is 11.5 Å². The molecule has 0 aliphatic carbocycles. The van der Waals surface area contributed by atoms with Gasteiger partial charge in [0.1, 0.15) is 0 Å². The standard InChI is InChI=1S/C14H11N3O3S/c1-7-3-4-8(2)11(14(18)19)10(7)13-16-12(17-20-13)9-5-15-6-21-9/h3-6H,1-2H3,(H,18,19). The summed E-state index contributed by atoms with van der Waals surface area (Å²) in [7, 11) is 0. The van der Waals surface area contributed by atoms with Crippen LogP contribution < -0.4 is 0 Å². The highest BCUT2D eigenvalue weighted by molar-refractivity contribution is 7.13. The average Bonchev–Trinajstić information content (AvgIpc) is 3.10. The fraction of sp³-hybridized carbons (Fsp3) is 0.143. The largest absolute Gasteiger partial charge is 0.478 e. The minimum Gasteiger partial charge on any atom is -0.478 e. The van der Waals surface area contributed by atoms with Crippen LogP contribution in [0.2, 0.25) is 0 Å². The van der Waals surface area contributed by atoms with E-state index in [1.165, 1.54) is 11.3 Å². The number of hydrogen-bond acceptors (Lipinski definition) is 6. The molecule has 0 spiro atoms. The van der Waals surface area contributed by atoms with Gasteiger partial charge in [0, 0.05) is 6.20 Å². The van der Waals surface area contributed by atoms with Crippen molar-refractivity contribution in [1.82, 2.24) is 15.1 Å². The molecule has 0 bridgehead atoms. The molecule has 0 fully saturated rings. The van der Waals surface area contributed by atoms with Crippen LogP contribution in [0.3, 0.4) is 0 Å². The smallest absolute Gasteiger partial charge is 0.336 e. The molecule has 106 valence electrons. The highest BCUT2D eigenvalue weighted by Crippen LogP contribution is 2.30. The van der Waals surface area contributed by atoms with Crippen LogP contribution in [0.15, 0.2) is 28.4 Å². The minimum absolute atomic E-state index is 0.189. The van der Waals surface area contributed by atoms with Gasteiger partial charge < -0.3 is 9.63 Å². The van der Waals surface area contributed by atoms with Gasteiger partial charge in [-0.2, -0.15) is 4.98 Å². The second-order valence-electron chi connectivity index (χ2n) is 4.54. The van der Waals surface area contributed by atoms with Crippen molar-refractivity contribution < 1.29 is 14.4 Å². The van der Waals surface area contributed by atoms with Crippen LogP contribution in [0, 0.1) is 13.8 Å². The molecule has 2 heterocycles. The molecule has 21 heavy (non-hydrogen) atoms. The third-order valence-electron chi connectivity index (χ3n) is 3.13. The van der Waals surface area contributed by atoms with Gasteiger partial charge in [0.2, 0.25) is 5.82 Å². The van der Waals surface area contributed by atoms with Crippen molar-refractivity contribution >= 4 is 17.3 Å². The average molecular weight is 301 g/mol. The van der Waals surface area contributed by atoms with Gasteiger partial charge in [-0.1, -0.05) is 17.3 Å². The topological polar surface area (TPSA) is 89.1 Å². The van der Waals surface area contributed by atoms with E-state index < -0.39 is 5.97 Å². The first-order valence-corrected chi connectivity index (χ1v) is 7.02. The van der Waals surface area contributed by atoms with Crippen molar-refractivity contribution in [2.75, 3.05) is 0 Å². The summed E-state index contributed by atoms with van der Waals surface area (Å²) in [6.07, 6.45) is 1.64. The summed E-state index contributed by atoms with van der Waals surface area (Å²) in [5, 5.41) is 13.3. The van der Waals surface area contributed by atoms with Crippen molar-refractivity contribution in [3.05, 3.63) is 40.5 Å². The SMILES string of the molecule is Cc1ccc(C)c(-c2nc(-c3cncs3)no2)c1C(=O)O. The summed E-state index contributed by atoms with van der Waals surface area (Å²) >= 11 is 1.39. The van der Waals surface area contributed by atoms with E-state index in [0.29, 0.717) is 17.0 Å². The number of nitrogens with zero attached hydrogens (tertiary/aromatic N) is 3. The van der Waals surface area contributed by atoms with E-state index in [1.807, 2.05) is 13.0 Å². The lowest BCUT2D eigenvalue weighted by atomic mass is 9.97. The highest BCUT2D eigenvalue weighted by atomic mass is 32.1. The highest BCUT2D eigenvalue weighted by Gasteiger charge is 2.22. The molecule has 0 radical (unpaired) electrons. The third kappa shape index (κ3) is 2.31. The van der Waals surface area contributed by atoms with E-state index in [2.05, 4.69) is 15.1 Å². The zero-order chi connectivity index (χ0) is 15.0. The zero-order valence-electron chi connectivity index (χ0n) is 11.3. The molecule has 0 atom stereocenters. The lowest BCUT2D eigenvalue weighted by molar-refractivity contribution is 0.0696. The van der Waals surface area contributed by atoms with Crippen LogP contribution in [0.25, 0.3) is 22.2 Å². The van der Waals surface area contributed by atoms with E-state index in [1.54, 1.807) is 24.7 Å². The van der Waals surface area contributed by atoms with E-state index in [9.17, 15) is 9.90 Å². The summed E-state index contributed by atoms with van der Waals surface area (Å²) in [6, 6.07) is 3.61. The van der Waals surface area contributed by atoms with Crippen LogP contribution in [-0.4, -0.2) is 26.2 Å². The Balaban J connectivity index is 2.17. The summed E-state index contributed by atoms with van der Waals surface area (Å²) < 4.78 is 5.26. The van der Waals surface area contributed by atoms with Crippen molar-refractivity contribution in [1.29, 1.82) is 0 Å². The molecule has 6 nitrogen and oxygen atoms in total. The molecule has 0 saturated heterocycles. The van der Waals surface area contributed by atoms with E-state index in [0.717, 1.165) is 10.4 Å². The Hall–Kier alpha value is -2.54. The van der Waals surface area contributed by atoms with Gasteiger partial charge in [0.05, 0.1) is 21.5 Å². The van der Waals surface area contributed by atoms with Crippen molar-refractivity contribution in [2.24, 2.45) is 0 Å². The molecule has 0 amide bonds. The molecule has 0 saturated carbocycles. The molecule has 0 unspecified atom stereocenters. The summed E-state index contributed by atoms with van der Waals surface area (Å²) in [5.41, 5.74) is 3.75. The van der Waals surface area contributed by atoms with Gasteiger partial charge in [0.15, 0.2) is 0 Å². The molecule has 0 aliphatic heterocycles. The van der Waals surface area contributed by atoms with Crippen molar-refractivity contribution in [3.63, 3.8) is 0 Å². The van der Waals surface area contributed by atoms with E-state index in [4.69, 9.17) is 4.52 Å². The number of aromatic nitrogens is 3. The van der Waals surface area contributed by atoms with Gasteiger partial charge in [-0.3, -0.25) is 4.98 Å². The Morgan fingerprint density at radius 3 is 2.71 bits per heavy atom. The zero-order valence-corrected chi connectivity index (χ0v) is 12.1. The number of hydrogen-bond donors (Lipinski definition) is 1. The Labute approximate surface area is 124 Å². The predicted molar refractivity (Wildman–Crippen MR) is 77.3 cm³/mol. The molecular weight excluding hydrogens is 290 g/mol. The minimum atomic E-state index is -1.01. The number of rotatable bonds is 3. The van der Waals surface area contributed by atoms with Crippen molar-refractivity contribution in [2.45, 2.75) is 13.8 Å². The number of carboxylic acids is 1. The fourth-order valence-corrected chi connectivity index (χ4v) is 2.66. The Morgan fingerprint density at radius 2 is 2.05 bits per heavy atom. The van der Waals surface area contributed by atoms with Crippen molar-refractivity contribution in [3.8, 4) is 22.2 Å². The number of aromatic carboxylic acids is 1. The van der Waals surface area contributed by atoms with Crippen LogP contribution in [0.5, 0.6) is 0 Å². The summed E-state index contributed by atoms with van der Waals surface area (Å²) in [5.74, 6) is -0.398. The van der Waals surface area contributed by atoms with Crippen LogP contribution in [0.1, 0.15) is 21.5 Å². The molecule has 1 N–H and O–H groups in total. The monoisotopic (exact) mass is 301 g/mol. The summed E-state index contributed by atoms with van der Waals surface area (Å²) in [4.78, 5) is 20.5. The molecular formula is C14H11N3O3S. The second kappa shape index (κ2) is 5.10. The lowest BCUT2D eigenvalue weighted by Crippen LogP contribution is -2.04. The van der Waals surface area contributed by atoms with Gasteiger partial charge in [-0.15, -0.1) is 11.3 Å². The first-order valence-electron chi connectivity index (χ1n) is 6.14. The number of benzene rings is 1. The Bertz CT molecular complexity index is 809. The number of carbonyl (C=O) groups is 1. The second-order valence-corrected chi connectivity index (χ2v) is 5.43. The number of thiazole rings is 1. The fourth-order valence-electron chi connectivity index (χ4n) is 2.11. The maximum Gasteiger partial charge on any atom is 0.336 e. The molecule has 3 aromatic rings. The maximum atomic E-state index is 11.5. The predicted octanol–water partition coefficient (Wildman–Crippen LogP) is 3.18. The van der Waals surface area contributed by atoms with Gasteiger partial charge in [-0.05, 0) is 25.0 Å². The van der Waals surface area contributed by atoms with Gasteiger partial charge in [0.25, 0.3) is 5.89 Å². The van der Waals surface area contributed by atoms with Crippen LogP contribution in [0.4, 0.5) is 0 Å². The normalized spacial score (nSPS) is 10.8. The first-order chi connectivity index (χ1) is 10.1. The van der Waals surface area contributed by atoms with E-state index >= 15 is 0 Å². The Kier molecular flexibility index (Phi) is 3.26. The molecule has 0 aliphatic rings. The first kappa shape index (κ1) is 13.4.